The summed E-state index contributed by atoms with van der Waals surface area (Å²) in [6.45, 7) is 16.3. The molecule has 0 N–H and O–H groups in total. The smallest absolute Gasteiger partial charge is 0.405 e. The summed E-state index contributed by atoms with van der Waals surface area (Å²) in [7, 11) is 0. The summed E-state index contributed by atoms with van der Waals surface area (Å²) in [6.07, 6.45) is 5.37. The molecule has 0 aliphatic rings. The Labute approximate surface area is 169 Å². The largest absolute Gasteiger partial charge is 0.431 e. The van der Waals surface area contributed by atoms with E-state index in [0.717, 1.165) is 24.5 Å². The molecule has 0 aromatic heterocycles. The van der Waals surface area contributed by atoms with Gasteiger partial charge in [0.05, 0.1) is 0 Å². The summed E-state index contributed by atoms with van der Waals surface area (Å²) in [6, 6.07) is 0. The highest BCUT2D eigenvalue weighted by molar-refractivity contribution is 5.79. The van der Waals surface area contributed by atoms with Crippen LogP contribution in [-0.4, -0.2) is 12.1 Å². The molecule has 2 nitrogen and oxygen atoms in total. The molecule has 0 fully saturated rings. The Morgan fingerprint density at radius 3 is 1.75 bits per heavy atom. The van der Waals surface area contributed by atoms with Gasteiger partial charge in [0.25, 0.3) is 0 Å². The van der Waals surface area contributed by atoms with Crippen LogP contribution >= 0.6 is 0 Å². The Hall–Kier alpha value is -1.78. The highest BCUT2D eigenvalue weighted by Crippen LogP contribution is 2.51. The fourth-order valence-electron chi connectivity index (χ4n) is 1.98. The molecule has 0 aromatic carbocycles. The van der Waals surface area contributed by atoms with Gasteiger partial charge >= 0.3 is 12.1 Å². The van der Waals surface area contributed by atoms with Crippen molar-refractivity contribution in [1.82, 2.24) is 0 Å². The minimum atomic E-state index is -4.71. The molecule has 0 aliphatic carbocycles. The van der Waals surface area contributed by atoms with E-state index in [0.29, 0.717) is 0 Å². The maximum Gasteiger partial charge on any atom is 0.405 e. The highest BCUT2D eigenvalue weighted by atomic mass is 19.4. The zero-order valence-electron chi connectivity index (χ0n) is 19.0. The molecule has 1 atom stereocenters. The minimum absolute atomic E-state index is 0.117. The third-order valence-corrected chi connectivity index (χ3v) is 4.64. The van der Waals surface area contributed by atoms with E-state index in [1.807, 2.05) is 52.8 Å². The summed E-state index contributed by atoms with van der Waals surface area (Å²) in [4.78, 5) is 12.3. The van der Waals surface area contributed by atoms with Crippen LogP contribution in [-0.2, 0) is 9.53 Å². The Bertz CT molecular complexity index is 599. The first-order valence-electron chi connectivity index (χ1n) is 9.66. The lowest BCUT2D eigenvalue weighted by atomic mass is 9.67. The van der Waals surface area contributed by atoms with E-state index in [1.54, 1.807) is 6.08 Å². The van der Waals surface area contributed by atoms with Gasteiger partial charge in [0.15, 0.2) is 5.41 Å². The van der Waals surface area contributed by atoms with Gasteiger partial charge in [0.1, 0.15) is 5.76 Å². The van der Waals surface area contributed by atoms with Crippen LogP contribution in [0.5, 0.6) is 0 Å². The molecule has 0 radical (unpaired) electrons. The number of ether oxygens (including phenoxy) is 1. The molecule has 0 aliphatic heterocycles. The van der Waals surface area contributed by atoms with Gasteiger partial charge < -0.3 is 4.74 Å². The normalized spacial score (nSPS) is 16.4. The quantitative estimate of drug-likeness (QED) is 0.256. The first-order valence-corrected chi connectivity index (χ1v) is 9.66. The Balaban J connectivity index is 0. The third kappa shape index (κ3) is 8.07. The molecule has 0 aromatic rings. The molecule has 5 heteroatoms. The summed E-state index contributed by atoms with van der Waals surface area (Å²) in [5, 5.41) is 0. The number of hydrogen-bond acceptors (Lipinski definition) is 2. The molecular weight excluding hydrogens is 365 g/mol. The van der Waals surface area contributed by atoms with E-state index in [1.165, 1.54) is 33.8 Å². The lowest BCUT2D eigenvalue weighted by Crippen LogP contribution is -2.52. The van der Waals surface area contributed by atoms with E-state index in [-0.39, 0.29) is 5.76 Å². The number of carbonyl (C=O) groups excluding carboxylic acids is 1. The van der Waals surface area contributed by atoms with Crippen LogP contribution in [0.25, 0.3) is 0 Å². The number of carbonyl (C=O) groups is 1. The summed E-state index contributed by atoms with van der Waals surface area (Å²) >= 11 is 0. The monoisotopic (exact) mass is 402 g/mol. The second kappa shape index (κ2) is 11.9. The average molecular weight is 403 g/mol. The summed E-state index contributed by atoms with van der Waals surface area (Å²) in [5.41, 5.74) is -2.00. The predicted octanol–water partition coefficient (Wildman–Crippen LogP) is 7.93. The van der Waals surface area contributed by atoms with Crippen molar-refractivity contribution < 1.29 is 22.7 Å². The second-order valence-corrected chi connectivity index (χ2v) is 7.58. The predicted molar refractivity (Wildman–Crippen MR) is 112 cm³/mol. The van der Waals surface area contributed by atoms with Crippen LogP contribution in [0, 0.1) is 10.8 Å². The van der Waals surface area contributed by atoms with Crippen LogP contribution in [0.15, 0.2) is 47.3 Å². The van der Waals surface area contributed by atoms with E-state index in [9.17, 15) is 18.0 Å². The molecule has 0 saturated heterocycles. The third-order valence-electron chi connectivity index (χ3n) is 4.64. The molecule has 0 bridgehead atoms. The van der Waals surface area contributed by atoms with Crippen molar-refractivity contribution in [3.05, 3.63) is 47.3 Å². The van der Waals surface area contributed by atoms with Crippen molar-refractivity contribution >= 4 is 5.97 Å². The Morgan fingerprint density at radius 2 is 1.36 bits per heavy atom. The standard InChI is InChI=1S/C21H31F3O2.C2H6/c1-9-10-11-12-15(2)16(3)13-14-17(4)26-18(25)20(8,19(5,6)7)21(22,23)24;1-2/h10-14H,9H2,1-8H3;1-2H3/b11-10-,15-12+,16-13+,17-14+;. The molecule has 0 spiro atoms. The first-order chi connectivity index (χ1) is 12.7. The Morgan fingerprint density at radius 1 is 0.893 bits per heavy atom. The van der Waals surface area contributed by atoms with Gasteiger partial charge in [-0.2, -0.15) is 13.2 Å². The van der Waals surface area contributed by atoms with Crippen molar-refractivity contribution in [2.75, 3.05) is 0 Å². The van der Waals surface area contributed by atoms with Crippen LogP contribution in [0.1, 0.15) is 75.7 Å². The van der Waals surface area contributed by atoms with Crippen molar-refractivity contribution in [3.8, 4) is 0 Å². The van der Waals surface area contributed by atoms with Crippen molar-refractivity contribution in [1.29, 1.82) is 0 Å². The van der Waals surface area contributed by atoms with Crippen LogP contribution in [0.3, 0.4) is 0 Å². The fourth-order valence-corrected chi connectivity index (χ4v) is 1.98. The summed E-state index contributed by atoms with van der Waals surface area (Å²) < 4.78 is 45.6. The van der Waals surface area contributed by atoms with Crippen molar-refractivity contribution in [3.63, 3.8) is 0 Å². The number of alkyl halides is 3. The van der Waals surface area contributed by atoms with Crippen molar-refractivity contribution in [2.24, 2.45) is 10.8 Å². The number of esters is 1. The summed E-state index contributed by atoms with van der Waals surface area (Å²) in [5.74, 6) is -1.18. The molecule has 1 unspecified atom stereocenters. The number of rotatable bonds is 6. The average Bonchev–Trinajstić information content (AvgIpc) is 2.58. The molecule has 162 valence electrons. The van der Waals surface area contributed by atoms with Gasteiger partial charge in [-0.1, -0.05) is 65.8 Å². The lowest BCUT2D eigenvalue weighted by molar-refractivity contribution is -0.253. The first kappa shape index (κ1) is 28.4. The van der Waals surface area contributed by atoms with E-state index in [4.69, 9.17) is 4.74 Å². The molecule has 0 saturated carbocycles. The minimum Gasteiger partial charge on any atom is -0.431 e. The van der Waals surface area contributed by atoms with Crippen LogP contribution in [0.2, 0.25) is 0 Å². The van der Waals surface area contributed by atoms with Crippen LogP contribution in [0.4, 0.5) is 13.2 Å². The number of halogens is 3. The second-order valence-electron chi connectivity index (χ2n) is 7.58. The van der Waals surface area contributed by atoms with E-state index in [2.05, 4.69) is 0 Å². The zero-order valence-corrected chi connectivity index (χ0v) is 19.0. The Kier molecular flexibility index (Phi) is 12.1. The molecule has 0 rings (SSSR count). The molecule has 0 heterocycles. The zero-order chi connectivity index (χ0) is 22.8. The fraction of sp³-hybridized carbons (Fsp3) is 0.609. The number of hydrogen-bond donors (Lipinski definition) is 0. The van der Waals surface area contributed by atoms with E-state index >= 15 is 0 Å². The van der Waals surface area contributed by atoms with Gasteiger partial charge in [-0.3, -0.25) is 4.79 Å². The lowest BCUT2D eigenvalue weighted by Gasteiger charge is -2.40. The highest BCUT2D eigenvalue weighted by Gasteiger charge is 2.64. The van der Waals surface area contributed by atoms with Gasteiger partial charge in [-0.25, -0.2) is 0 Å². The van der Waals surface area contributed by atoms with E-state index < -0.39 is 23.0 Å². The van der Waals surface area contributed by atoms with Crippen molar-refractivity contribution in [2.45, 2.75) is 81.8 Å². The van der Waals surface area contributed by atoms with Crippen LogP contribution < -0.4 is 0 Å². The van der Waals surface area contributed by atoms with Gasteiger partial charge in [0.2, 0.25) is 0 Å². The molecule has 0 amide bonds. The molecular formula is C23H37F3O2. The van der Waals surface area contributed by atoms with Gasteiger partial charge in [-0.05, 0) is 56.8 Å². The van der Waals surface area contributed by atoms with Gasteiger partial charge in [-0.15, -0.1) is 0 Å². The maximum absolute atomic E-state index is 13.5. The maximum atomic E-state index is 13.5. The number of allylic oxidation sites excluding steroid dienone is 8. The SMILES string of the molecule is CC.CC\C=C/C=C(C)/C(C)=C/C=C(\C)OC(=O)C(C)(C(C)(C)C)C(F)(F)F. The molecule has 28 heavy (non-hydrogen) atoms. The van der Waals surface area contributed by atoms with Gasteiger partial charge in [0, 0.05) is 0 Å². The topological polar surface area (TPSA) is 26.3 Å².